The molecule has 132 valence electrons. The van der Waals surface area contributed by atoms with Crippen LogP contribution in [0.4, 0.5) is 54.6 Å². The van der Waals surface area contributed by atoms with Gasteiger partial charge in [-0.3, -0.25) is 0 Å². The van der Waals surface area contributed by atoms with Crippen LogP contribution in [0.3, 0.4) is 0 Å². The number of alkyl halides is 8. The number of thiol groups is 1. The second-order valence-electron chi connectivity index (χ2n) is 3.81. The molecule has 15 heteroatoms. The number of rotatable bonds is 6. The maximum absolute atomic E-state index is 12.7. The van der Waals surface area contributed by atoms with E-state index in [1.807, 2.05) is 0 Å². The maximum Gasteiger partial charge on any atom is 0.450 e. The zero-order chi connectivity index (χ0) is 17.8. The van der Waals surface area contributed by atoms with Crippen LogP contribution in [0.5, 0.6) is 0 Å². The molecular formula is C6H5F13S2. The average Bonchev–Trinajstić information content (AvgIpc) is 2.12. The van der Waals surface area contributed by atoms with Crippen molar-refractivity contribution in [3.63, 3.8) is 0 Å². The molecule has 0 aromatic rings. The summed E-state index contributed by atoms with van der Waals surface area (Å²) in [5.41, 5.74) is 0. The third-order valence-corrected chi connectivity index (χ3v) is 3.58. The molecular weight excluding hydrogens is 383 g/mol. The third-order valence-electron chi connectivity index (χ3n) is 2.13. The van der Waals surface area contributed by atoms with Crippen LogP contribution in [0.2, 0.25) is 0 Å². The molecule has 0 unspecified atom stereocenters. The molecule has 0 fully saturated rings. The molecule has 0 rings (SSSR count). The Morgan fingerprint density at radius 2 is 1.00 bits per heavy atom. The van der Waals surface area contributed by atoms with Crippen molar-refractivity contribution >= 4 is 22.9 Å². The Morgan fingerprint density at radius 3 is 1.24 bits per heavy atom. The molecule has 0 aromatic heterocycles. The van der Waals surface area contributed by atoms with Gasteiger partial charge in [0.05, 0.1) is 0 Å². The van der Waals surface area contributed by atoms with Crippen molar-refractivity contribution in [2.75, 3.05) is 5.75 Å². The molecule has 0 atom stereocenters. The van der Waals surface area contributed by atoms with E-state index in [0.29, 0.717) is 0 Å². The standard InChI is InChI=1S/C6H5F13S2/c7-3(8,1-2-20)4(9,10)5(11,12)6(13,14)21(15,16,17,18)19/h20H,1-2H2. The Labute approximate surface area is 113 Å². The van der Waals surface area contributed by atoms with E-state index in [4.69, 9.17) is 0 Å². The fraction of sp³-hybridized carbons (Fsp3) is 1.00. The smallest absolute Gasteiger partial charge is 0.200 e. The average molecular weight is 388 g/mol. The van der Waals surface area contributed by atoms with E-state index in [-0.39, 0.29) is 0 Å². The van der Waals surface area contributed by atoms with Gasteiger partial charge in [0.15, 0.2) is 0 Å². The highest BCUT2D eigenvalue weighted by molar-refractivity contribution is 8.46. The molecule has 0 aliphatic carbocycles. The molecule has 0 aliphatic heterocycles. The molecule has 0 aliphatic rings. The third kappa shape index (κ3) is 2.99. The first-order valence-corrected chi connectivity index (χ1v) is 6.99. The van der Waals surface area contributed by atoms with Gasteiger partial charge in [-0.2, -0.15) is 47.8 Å². The molecule has 0 saturated carbocycles. The lowest BCUT2D eigenvalue weighted by Gasteiger charge is -2.50. The van der Waals surface area contributed by atoms with Crippen LogP contribution in [-0.2, 0) is 0 Å². The highest BCUT2D eigenvalue weighted by atomic mass is 32.5. The van der Waals surface area contributed by atoms with Gasteiger partial charge in [-0.15, -0.1) is 0 Å². The maximum atomic E-state index is 12.7. The monoisotopic (exact) mass is 388 g/mol. The Bertz CT molecular complexity index is 405. The highest BCUT2D eigenvalue weighted by Gasteiger charge is 2.97. The lowest BCUT2D eigenvalue weighted by atomic mass is 10.0. The van der Waals surface area contributed by atoms with Gasteiger partial charge >= 0.3 is 33.2 Å². The lowest BCUT2D eigenvalue weighted by molar-refractivity contribution is -0.352. The summed E-state index contributed by atoms with van der Waals surface area (Å²) in [5.74, 6) is -22.9. The van der Waals surface area contributed by atoms with E-state index in [2.05, 4.69) is 12.6 Å². The van der Waals surface area contributed by atoms with E-state index in [0.717, 1.165) is 0 Å². The fourth-order valence-corrected chi connectivity index (χ4v) is 1.85. The van der Waals surface area contributed by atoms with Crippen LogP contribution in [0.1, 0.15) is 6.42 Å². The molecule has 0 bridgehead atoms. The predicted molar refractivity (Wildman–Crippen MR) is 51.4 cm³/mol. The van der Waals surface area contributed by atoms with Gasteiger partial charge in [0.1, 0.15) is 0 Å². The summed E-state index contributed by atoms with van der Waals surface area (Å²) in [6.07, 6.45) is -2.35. The Balaban J connectivity index is 6.24. The SMILES string of the molecule is FC(F)(CCS)C(F)(F)C(F)(F)C(F)(F)S(F)(F)(F)(F)F. The van der Waals surface area contributed by atoms with Gasteiger partial charge in [0.25, 0.3) is 0 Å². The zero-order valence-corrected chi connectivity index (χ0v) is 10.9. The van der Waals surface area contributed by atoms with Crippen molar-refractivity contribution in [3.8, 4) is 0 Å². The molecule has 0 spiro atoms. The minimum absolute atomic E-state index is 1.32. The van der Waals surface area contributed by atoms with Gasteiger partial charge in [-0.1, -0.05) is 19.4 Å². The second kappa shape index (κ2) is 4.20. The largest absolute Gasteiger partial charge is 0.450 e. The van der Waals surface area contributed by atoms with Crippen LogP contribution in [0, 0.1) is 0 Å². The highest BCUT2D eigenvalue weighted by Crippen LogP contribution is 3.06. The summed E-state index contributed by atoms with van der Waals surface area (Å²) >= 11 is 2.90. The van der Waals surface area contributed by atoms with E-state index in [1.165, 1.54) is 0 Å². The summed E-state index contributed by atoms with van der Waals surface area (Å²) in [7, 11) is -12.6. The fourth-order valence-electron chi connectivity index (χ4n) is 0.952. The number of halogens is 13. The van der Waals surface area contributed by atoms with E-state index in [1.54, 1.807) is 0 Å². The van der Waals surface area contributed by atoms with E-state index >= 15 is 0 Å². The first-order chi connectivity index (χ1) is 8.56. The van der Waals surface area contributed by atoms with Gasteiger partial charge in [-0.25, -0.2) is 0 Å². The van der Waals surface area contributed by atoms with Gasteiger partial charge in [0, 0.05) is 6.42 Å². The van der Waals surface area contributed by atoms with Crippen molar-refractivity contribution in [3.05, 3.63) is 0 Å². The van der Waals surface area contributed by atoms with Crippen LogP contribution < -0.4 is 0 Å². The predicted octanol–water partition coefficient (Wildman–Crippen LogP) is 6.10. The first kappa shape index (κ1) is 20.8. The number of hydrogen-bond acceptors (Lipinski definition) is 1. The summed E-state index contributed by atoms with van der Waals surface area (Å²) in [4.78, 5) is 0. The summed E-state index contributed by atoms with van der Waals surface area (Å²) < 4.78 is 159. The van der Waals surface area contributed by atoms with Crippen molar-refractivity contribution < 1.29 is 54.6 Å². The lowest BCUT2D eigenvalue weighted by Crippen LogP contribution is -2.65. The van der Waals surface area contributed by atoms with Crippen LogP contribution in [0.15, 0.2) is 0 Å². The van der Waals surface area contributed by atoms with Gasteiger partial charge in [0.2, 0.25) is 0 Å². The first-order valence-electron chi connectivity index (χ1n) is 4.41. The Hall–Kier alpha value is -0.210. The van der Waals surface area contributed by atoms with E-state index < -0.39 is 45.4 Å². The molecule has 0 amide bonds. The van der Waals surface area contributed by atoms with Crippen molar-refractivity contribution in [1.29, 1.82) is 0 Å². The van der Waals surface area contributed by atoms with Crippen molar-refractivity contribution in [2.24, 2.45) is 0 Å². The number of hydrogen-bond donors (Lipinski definition) is 1. The van der Waals surface area contributed by atoms with Crippen LogP contribution in [0.25, 0.3) is 0 Å². The quantitative estimate of drug-likeness (QED) is 0.412. The normalized spacial score (nSPS) is 19.1. The summed E-state index contributed by atoms with van der Waals surface area (Å²) in [6, 6.07) is 0. The molecule has 0 aromatic carbocycles. The molecule has 0 heterocycles. The minimum atomic E-state index is -12.6. The van der Waals surface area contributed by atoms with E-state index in [9.17, 15) is 54.6 Å². The van der Waals surface area contributed by atoms with Crippen LogP contribution in [-0.4, -0.2) is 28.8 Å². The Morgan fingerprint density at radius 1 is 0.667 bits per heavy atom. The molecule has 0 nitrogen and oxygen atoms in total. The van der Waals surface area contributed by atoms with Gasteiger partial charge in [-0.05, 0) is 5.75 Å². The topological polar surface area (TPSA) is 0 Å². The minimum Gasteiger partial charge on any atom is -0.200 e. The van der Waals surface area contributed by atoms with Crippen molar-refractivity contribution in [1.82, 2.24) is 0 Å². The van der Waals surface area contributed by atoms with Gasteiger partial charge < -0.3 is 0 Å². The summed E-state index contributed by atoms with van der Waals surface area (Å²) in [5, 5.41) is -8.66. The van der Waals surface area contributed by atoms with Crippen LogP contribution >= 0.6 is 22.9 Å². The molecule has 0 radical (unpaired) electrons. The summed E-state index contributed by atoms with van der Waals surface area (Å²) in [6.45, 7) is 0. The zero-order valence-electron chi connectivity index (χ0n) is 9.18. The molecule has 0 saturated heterocycles. The molecule has 21 heavy (non-hydrogen) atoms. The van der Waals surface area contributed by atoms with Crippen molar-refractivity contribution in [2.45, 2.75) is 29.4 Å². The second-order valence-corrected chi connectivity index (χ2v) is 6.71. The molecule has 0 N–H and O–H groups in total. The Kier molecular flexibility index (Phi) is 4.16.